The molecule has 2 atom stereocenters. The Morgan fingerprint density at radius 1 is 1.15 bits per heavy atom. The van der Waals surface area contributed by atoms with Crippen LogP contribution in [0.4, 0.5) is 0 Å². The van der Waals surface area contributed by atoms with Crippen LogP contribution < -0.4 is 5.69 Å². The number of aromatic nitrogens is 5. The molecular formula is C18H22N6O2. The van der Waals surface area contributed by atoms with Gasteiger partial charge in [-0.1, -0.05) is 0 Å². The molecule has 8 nitrogen and oxygen atoms in total. The Hall–Kier alpha value is -2.51. The zero-order valence-corrected chi connectivity index (χ0v) is 14.8. The van der Waals surface area contributed by atoms with Crippen LogP contribution in [-0.2, 0) is 19.5 Å². The number of hydrogen-bond acceptors (Lipinski definition) is 5. The monoisotopic (exact) mass is 354 g/mol. The maximum Gasteiger partial charge on any atom is 0.345 e. The molecule has 1 saturated carbocycles. The summed E-state index contributed by atoms with van der Waals surface area (Å²) in [6, 6.07) is 0.0983. The molecule has 0 spiro atoms. The third-order valence-corrected chi connectivity index (χ3v) is 5.79. The second-order valence-corrected chi connectivity index (χ2v) is 7.78. The van der Waals surface area contributed by atoms with Crippen molar-refractivity contribution in [2.45, 2.75) is 64.2 Å². The second-order valence-electron chi connectivity index (χ2n) is 7.78. The fourth-order valence-electron chi connectivity index (χ4n) is 4.21. The molecule has 0 radical (unpaired) electrons. The molecule has 2 aromatic rings. The van der Waals surface area contributed by atoms with Gasteiger partial charge in [0.25, 0.3) is 5.91 Å². The number of amides is 1. The maximum absolute atomic E-state index is 13.0. The molecule has 8 heteroatoms. The Balaban J connectivity index is 1.44. The lowest BCUT2D eigenvalue weighted by Gasteiger charge is -2.27. The van der Waals surface area contributed by atoms with E-state index < -0.39 is 0 Å². The van der Waals surface area contributed by atoms with Crippen LogP contribution in [0.1, 0.15) is 47.7 Å². The van der Waals surface area contributed by atoms with Gasteiger partial charge in [-0.15, -0.1) is 0 Å². The number of carbonyl (C=O) groups excluding carboxylic acids is 1. The van der Waals surface area contributed by atoms with Crippen molar-refractivity contribution in [2.75, 3.05) is 0 Å². The first-order valence-electron chi connectivity index (χ1n) is 9.38. The minimum absolute atomic E-state index is 0.0214. The van der Waals surface area contributed by atoms with Crippen LogP contribution in [0, 0.1) is 12.8 Å². The molecule has 0 unspecified atom stereocenters. The van der Waals surface area contributed by atoms with Crippen molar-refractivity contribution in [2.24, 2.45) is 5.92 Å². The topological polar surface area (TPSA) is 85.9 Å². The Morgan fingerprint density at radius 3 is 2.69 bits per heavy atom. The lowest BCUT2D eigenvalue weighted by molar-refractivity contribution is 0.0658. The van der Waals surface area contributed by atoms with Gasteiger partial charge in [-0.2, -0.15) is 5.10 Å². The molecule has 1 saturated heterocycles. The van der Waals surface area contributed by atoms with Crippen LogP contribution in [0.2, 0.25) is 0 Å². The van der Waals surface area contributed by atoms with E-state index in [4.69, 9.17) is 0 Å². The standard InChI is InChI=1S/C18H22N6O2/c1-11-7-20-15(8-19-11)17(25)24-13-4-5-14(24)10-22-16(6-13)21-23(18(22)26)9-12-2-3-12/h7-8,12-14H,2-6,9-10H2,1H3/t13-,14+/m0/s1. The first kappa shape index (κ1) is 15.7. The predicted molar refractivity (Wildman–Crippen MR) is 92.7 cm³/mol. The molecule has 3 aliphatic rings. The quantitative estimate of drug-likeness (QED) is 0.813. The summed E-state index contributed by atoms with van der Waals surface area (Å²) in [6.45, 7) is 3.11. The molecule has 136 valence electrons. The summed E-state index contributed by atoms with van der Waals surface area (Å²) < 4.78 is 3.42. The lowest BCUT2D eigenvalue weighted by atomic mass is 10.1. The third kappa shape index (κ3) is 2.55. The van der Waals surface area contributed by atoms with Gasteiger partial charge in [-0.25, -0.2) is 14.5 Å². The fourth-order valence-corrected chi connectivity index (χ4v) is 4.21. The summed E-state index contributed by atoms with van der Waals surface area (Å²) in [7, 11) is 0. The van der Waals surface area contributed by atoms with Gasteiger partial charge in [0.2, 0.25) is 0 Å². The Morgan fingerprint density at radius 2 is 1.96 bits per heavy atom. The molecule has 2 aliphatic heterocycles. The minimum atomic E-state index is -0.0888. The summed E-state index contributed by atoms with van der Waals surface area (Å²) >= 11 is 0. The highest BCUT2D eigenvalue weighted by molar-refractivity contribution is 5.92. The molecule has 0 N–H and O–H groups in total. The van der Waals surface area contributed by atoms with E-state index in [2.05, 4.69) is 15.1 Å². The van der Waals surface area contributed by atoms with Crippen LogP contribution in [0.3, 0.4) is 0 Å². The van der Waals surface area contributed by atoms with Crippen LogP contribution in [0.5, 0.6) is 0 Å². The zero-order chi connectivity index (χ0) is 17.8. The van der Waals surface area contributed by atoms with Gasteiger partial charge in [0, 0.05) is 31.7 Å². The smallest absolute Gasteiger partial charge is 0.329 e. The number of rotatable bonds is 3. The number of hydrogen-bond donors (Lipinski definition) is 0. The first-order valence-corrected chi connectivity index (χ1v) is 9.38. The van der Waals surface area contributed by atoms with E-state index in [1.807, 2.05) is 11.8 Å². The molecule has 1 amide bonds. The van der Waals surface area contributed by atoms with E-state index in [1.54, 1.807) is 21.6 Å². The van der Waals surface area contributed by atoms with E-state index in [9.17, 15) is 9.59 Å². The third-order valence-electron chi connectivity index (χ3n) is 5.79. The van der Waals surface area contributed by atoms with Crippen LogP contribution in [-0.4, -0.2) is 47.2 Å². The van der Waals surface area contributed by atoms with E-state index in [0.717, 1.165) is 30.9 Å². The van der Waals surface area contributed by atoms with Crippen molar-refractivity contribution < 1.29 is 4.79 Å². The molecule has 5 rings (SSSR count). The highest BCUT2D eigenvalue weighted by Gasteiger charge is 2.42. The molecular weight excluding hydrogens is 332 g/mol. The van der Waals surface area contributed by atoms with Crippen molar-refractivity contribution in [1.82, 2.24) is 29.2 Å². The number of carbonyl (C=O) groups is 1. The number of fused-ring (bicyclic) bond motifs is 3. The van der Waals surface area contributed by atoms with Crippen LogP contribution >= 0.6 is 0 Å². The Labute approximate surface area is 150 Å². The average molecular weight is 354 g/mol. The van der Waals surface area contributed by atoms with Crippen molar-refractivity contribution >= 4 is 5.91 Å². The Bertz CT molecular complexity index is 911. The van der Waals surface area contributed by atoms with Crippen molar-refractivity contribution in [3.8, 4) is 0 Å². The van der Waals surface area contributed by atoms with Gasteiger partial charge in [0.05, 0.1) is 17.9 Å². The summed E-state index contributed by atoms with van der Waals surface area (Å²) in [6.07, 6.45) is 8.04. The fraction of sp³-hybridized carbons (Fsp3) is 0.611. The number of aryl methyl sites for hydroxylation is 1. The van der Waals surface area contributed by atoms with Crippen molar-refractivity contribution in [1.29, 1.82) is 0 Å². The molecule has 26 heavy (non-hydrogen) atoms. The second kappa shape index (κ2) is 5.75. The average Bonchev–Trinajstić information content (AvgIpc) is 3.32. The molecule has 2 bridgehead atoms. The summed E-state index contributed by atoms with van der Waals surface area (Å²) in [5.74, 6) is 1.34. The zero-order valence-electron chi connectivity index (χ0n) is 14.8. The van der Waals surface area contributed by atoms with Crippen LogP contribution in [0.25, 0.3) is 0 Å². The highest BCUT2D eigenvalue weighted by atomic mass is 16.2. The Kier molecular flexibility index (Phi) is 3.48. The molecule has 1 aliphatic carbocycles. The largest absolute Gasteiger partial charge is 0.345 e. The van der Waals surface area contributed by atoms with Gasteiger partial charge in [0.15, 0.2) is 0 Å². The highest BCUT2D eigenvalue weighted by Crippen LogP contribution is 2.32. The van der Waals surface area contributed by atoms with Gasteiger partial charge in [-0.05, 0) is 38.5 Å². The predicted octanol–water partition coefficient (Wildman–Crippen LogP) is 0.783. The lowest BCUT2D eigenvalue weighted by Crippen LogP contribution is -2.43. The normalized spacial score (nSPS) is 24.4. The van der Waals surface area contributed by atoms with Gasteiger partial charge in [-0.3, -0.25) is 14.3 Å². The van der Waals surface area contributed by atoms with E-state index in [-0.39, 0.29) is 23.7 Å². The summed E-state index contributed by atoms with van der Waals surface area (Å²) in [5, 5.41) is 4.59. The van der Waals surface area contributed by atoms with Gasteiger partial charge in [0.1, 0.15) is 11.5 Å². The summed E-state index contributed by atoms with van der Waals surface area (Å²) in [5.41, 5.74) is 1.14. The van der Waals surface area contributed by atoms with E-state index >= 15 is 0 Å². The van der Waals surface area contributed by atoms with Crippen molar-refractivity contribution in [3.05, 3.63) is 40.1 Å². The molecule has 4 heterocycles. The van der Waals surface area contributed by atoms with Crippen molar-refractivity contribution in [3.63, 3.8) is 0 Å². The number of nitrogens with zero attached hydrogens (tertiary/aromatic N) is 6. The van der Waals surface area contributed by atoms with Gasteiger partial charge >= 0.3 is 5.69 Å². The molecule has 2 aromatic heterocycles. The molecule has 2 fully saturated rings. The molecule has 0 aromatic carbocycles. The van der Waals surface area contributed by atoms with E-state index in [0.29, 0.717) is 24.6 Å². The first-order chi connectivity index (χ1) is 12.6. The van der Waals surface area contributed by atoms with E-state index in [1.165, 1.54) is 12.8 Å². The summed E-state index contributed by atoms with van der Waals surface area (Å²) in [4.78, 5) is 36.1. The van der Waals surface area contributed by atoms with Crippen LogP contribution in [0.15, 0.2) is 17.2 Å². The maximum atomic E-state index is 13.0. The van der Waals surface area contributed by atoms with Gasteiger partial charge < -0.3 is 4.90 Å². The minimum Gasteiger partial charge on any atom is -0.329 e. The SMILES string of the molecule is Cc1cnc(C(=O)N2[C@@H]3CC[C@H]2Cc2nn(CC4CC4)c(=O)n2C3)cn1.